The van der Waals surface area contributed by atoms with Crippen LogP contribution >= 0.6 is 0 Å². The molecule has 0 radical (unpaired) electrons. The van der Waals surface area contributed by atoms with Crippen molar-refractivity contribution in [3.8, 4) is 6.07 Å². The van der Waals surface area contributed by atoms with Gasteiger partial charge in [-0.1, -0.05) is 13.8 Å². The van der Waals surface area contributed by atoms with Gasteiger partial charge in [0.15, 0.2) is 0 Å². The van der Waals surface area contributed by atoms with Crippen LogP contribution in [-0.2, 0) is 9.59 Å². The van der Waals surface area contributed by atoms with E-state index < -0.39 is 23.3 Å². The summed E-state index contributed by atoms with van der Waals surface area (Å²) in [6, 6.07) is 1.13. The van der Waals surface area contributed by atoms with Gasteiger partial charge in [-0.25, -0.2) is 0 Å². The summed E-state index contributed by atoms with van der Waals surface area (Å²) in [5, 5.41) is 11.2. The van der Waals surface area contributed by atoms with E-state index in [0.29, 0.717) is 0 Å². The van der Waals surface area contributed by atoms with E-state index in [1.54, 1.807) is 13.8 Å². The number of nitriles is 1. The Morgan fingerprint density at radius 3 is 2.13 bits per heavy atom. The molecule has 15 heavy (non-hydrogen) atoms. The Kier molecular flexibility index (Phi) is 4.28. The topological polar surface area (TPSA) is 96.0 Å². The molecule has 0 aromatic heterocycles. The molecular weight excluding hydrogens is 194 g/mol. The van der Waals surface area contributed by atoms with E-state index in [2.05, 4.69) is 5.32 Å². The van der Waals surface area contributed by atoms with Crippen molar-refractivity contribution in [2.75, 3.05) is 0 Å². The molecule has 0 aliphatic carbocycles. The summed E-state index contributed by atoms with van der Waals surface area (Å²) in [4.78, 5) is 22.6. The maximum absolute atomic E-state index is 11.6. The number of primary amides is 1. The van der Waals surface area contributed by atoms with Crippen molar-refractivity contribution in [2.24, 2.45) is 17.1 Å². The van der Waals surface area contributed by atoms with Gasteiger partial charge in [0.1, 0.15) is 11.5 Å². The summed E-state index contributed by atoms with van der Waals surface area (Å²) in [5.74, 6) is -1.17. The third kappa shape index (κ3) is 3.58. The first kappa shape index (κ1) is 13.4. The molecule has 0 heterocycles. The number of nitrogens with two attached hydrogens (primary N) is 1. The minimum atomic E-state index is -1.15. The summed E-state index contributed by atoms with van der Waals surface area (Å²) in [7, 11) is 0. The van der Waals surface area contributed by atoms with Crippen LogP contribution in [-0.4, -0.2) is 17.9 Å². The van der Waals surface area contributed by atoms with E-state index in [4.69, 9.17) is 11.0 Å². The highest BCUT2D eigenvalue weighted by molar-refractivity contribution is 5.90. The zero-order chi connectivity index (χ0) is 12.2. The second-order valence-corrected chi connectivity index (χ2v) is 4.33. The van der Waals surface area contributed by atoms with Crippen LogP contribution in [0.2, 0.25) is 0 Å². The zero-order valence-corrected chi connectivity index (χ0v) is 9.50. The molecular formula is C10H17N3O2. The van der Waals surface area contributed by atoms with Crippen molar-refractivity contribution in [2.45, 2.75) is 33.7 Å². The zero-order valence-electron chi connectivity index (χ0n) is 9.50. The van der Waals surface area contributed by atoms with Crippen molar-refractivity contribution in [3.05, 3.63) is 0 Å². The van der Waals surface area contributed by atoms with Crippen LogP contribution in [0, 0.1) is 22.7 Å². The molecule has 84 valence electrons. The highest BCUT2D eigenvalue weighted by Crippen LogP contribution is 2.14. The molecule has 0 aliphatic heterocycles. The normalized spacial score (nSPS) is 13.1. The molecule has 5 nitrogen and oxygen atoms in total. The second-order valence-electron chi connectivity index (χ2n) is 4.33. The van der Waals surface area contributed by atoms with E-state index in [1.807, 2.05) is 6.07 Å². The minimum Gasteiger partial charge on any atom is -0.368 e. The van der Waals surface area contributed by atoms with Crippen LogP contribution in [0.3, 0.4) is 0 Å². The van der Waals surface area contributed by atoms with Crippen molar-refractivity contribution >= 4 is 11.8 Å². The third-order valence-corrected chi connectivity index (χ3v) is 2.11. The number of nitrogens with zero attached hydrogens (tertiary/aromatic N) is 1. The van der Waals surface area contributed by atoms with Gasteiger partial charge in [-0.3, -0.25) is 9.59 Å². The van der Waals surface area contributed by atoms with Crippen LogP contribution in [0.25, 0.3) is 0 Å². The fourth-order valence-corrected chi connectivity index (χ4v) is 0.939. The smallest absolute Gasteiger partial charge is 0.240 e. The Hall–Kier alpha value is -1.57. The van der Waals surface area contributed by atoms with Gasteiger partial charge in [0.2, 0.25) is 11.8 Å². The Morgan fingerprint density at radius 2 is 1.87 bits per heavy atom. The SMILES string of the molecule is CC(C)C(NC(=O)C(C)(C)C#N)C(N)=O. The number of carbonyl (C=O) groups excluding carboxylic acids is 2. The van der Waals surface area contributed by atoms with Gasteiger partial charge < -0.3 is 11.1 Å². The third-order valence-electron chi connectivity index (χ3n) is 2.11. The van der Waals surface area contributed by atoms with E-state index >= 15 is 0 Å². The molecule has 0 rings (SSSR count). The van der Waals surface area contributed by atoms with Gasteiger partial charge in [0, 0.05) is 0 Å². The molecule has 1 atom stereocenters. The maximum atomic E-state index is 11.6. The maximum Gasteiger partial charge on any atom is 0.240 e. The summed E-state index contributed by atoms with van der Waals surface area (Å²) in [5.41, 5.74) is 3.98. The monoisotopic (exact) mass is 211 g/mol. The summed E-state index contributed by atoms with van der Waals surface area (Å²) in [6.07, 6.45) is 0. The number of carbonyl (C=O) groups is 2. The minimum absolute atomic E-state index is 0.0963. The van der Waals surface area contributed by atoms with Crippen LogP contribution in [0.4, 0.5) is 0 Å². The van der Waals surface area contributed by atoms with E-state index in [1.165, 1.54) is 13.8 Å². The fraction of sp³-hybridized carbons (Fsp3) is 0.700. The molecule has 0 aliphatic rings. The lowest BCUT2D eigenvalue weighted by Gasteiger charge is -2.23. The van der Waals surface area contributed by atoms with E-state index in [0.717, 1.165) is 0 Å². The lowest BCUT2D eigenvalue weighted by atomic mass is 9.93. The van der Waals surface area contributed by atoms with Crippen LogP contribution in [0.5, 0.6) is 0 Å². The standard InChI is InChI=1S/C10H17N3O2/c1-6(2)7(8(12)14)13-9(15)10(3,4)5-11/h6-7H,1-4H3,(H2,12,14)(H,13,15). The first-order valence-corrected chi connectivity index (χ1v) is 4.74. The number of nitrogens with one attached hydrogen (secondary N) is 1. The van der Waals surface area contributed by atoms with Gasteiger partial charge >= 0.3 is 0 Å². The predicted molar refractivity (Wildman–Crippen MR) is 55.4 cm³/mol. The van der Waals surface area contributed by atoms with Gasteiger partial charge in [-0.2, -0.15) is 5.26 Å². The molecule has 0 aromatic rings. The van der Waals surface area contributed by atoms with Crippen molar-refractivity contribution in [1.82, 2.24) is 5.32 Å². The van der Waals surface area contributed by atoms with Gasteiger partial charge in [-0.15, -0.1) is 0 Å². The van der Waals surface area contributed by atoms with Crippen molar-refractivity contribution in [1.29, 1.82) is 5.26 Å². The number of hydrogen-bond donors (Lipinski definition) is 2. The summed E-state index contributed by atoms with van der Waals surface area (Å²) >= 11 is 0. The summed E-state index contributed by atoms with van der Waals surface area (Å²) < 4.78 is 0. The number of hydrogen-bond acceptors (Lipinski definition) is 3. The average Bonchev–Trinajstić information content (AvgIpc) is 2.12. The van der Waals surface area contributed by atoms with Crippen LogP contribution in [0.15, 0.2) is 0 Å². The molecule has 0 saturated heterocycles. The van der Waals surface area contributed by atoms with Crippen molar-refractivity contribution in [3.63, 3.8) is 0 Å². The van der Waals surface area contributed by atoms with Gasteiger partial charge in [-0.05, 0) is 19.8 Å². The van der Waals surface area contributed by atoms with Crippen molar-refractivity contribution < 1.29 is 9.59 Å². The molecule has 1 unspecified atom stereocenters. The first-order chi connectivity index (χ1) is 6.72. The van der Waals surface area contributed by atoms with E-state index in [-0.39, 0.29) is 5.92 Å². The number of amides is 2. The highest BCUT2D eigenvalue weighted by atomic mass is 16.2. The largest absolute Gasteiger partial charge is 0.368 e. The average molecular weight is 211 g/mol. The second kappa shape index (κ2) is 4.78. The lowest BCUT2D eigenvalue weighted by Crippen LogP contribution is -2.51. The molecule has 3 N–H and O–H groups in total. The Morgan fingerprint density at radius 1 is 1.40 bits per heavy atom. The summed E-state index contributed by atoms with van der Waals surface area (Å²) in [6.45, 7) is 6.52. The van der Waals surface area contributed by atoms with E-state index in [9.17, 15) is 9.59 Å². The molecule has 0 saturated carbocycles. The van der Waals surface area contributed by atoms with Gasteiger partial charge in [0.25, 0.3) is 0 Å². The quantitative estimate of drug-likeness (QED) is 0.693. The highest BCUT2D eigenvalue weighted by Gasteiger charge is 2.31. The Bertz CT molecular complexity index is 302. The molecule has 0 spiro atoms. The predicted octanol–water partition coefficient (Wildman–Crippen LogP) is 0.162. The lowest BCUT2D eigenvalue weighted by molar-refractivity contribution is -0.132. The Balaban J connectivity index is 4.66. The molecule has 5 heteroatoms. The molecule has 0 aromatic carbocycles. The van der Waals surface area contributed by atoms with Crippen LogP contribution in [0.1, 0.15) is 27.7 Å². The van der Waals surface area contributed by atoms with Crippen LogP contribution < -0.4 is 11.1 Å². The molecule has 0 fully saturated rings. The fourth-order valence-electron chi connectivity index (χ4n) is 0.939. The molecule has 0 bridgehead atoms. The Labute approximate surface area is 89.6 Å². The molecule has 2 amide bonds. The first-order valence-electron chi connectivity index (χ1n) is 4.74. The van der Waals surface area contributed by atoms with Gasteiger partial charge in [0.05, 0.1) is 6.07 Å². The number of rotatable bonds is 4.